The maximum Gasteiger partial charge on any atom is 0.351 e. The van der Waals surface area contributed by atoms with Gasteiger partial charge in [-0.2, -0.15) is 4.98 Å². The molecule has 1 aromatic heterocycles. The lowest BCUT2D eigenvalue weighted by Crippen LogP contribution is -2.47. The molecule has 24 heavy (non-hydrogen) atoms. The Kier molecular flexibility index (Phi) is 4.65. The number of fused-ring (bicyclic) bond motifs is 2. The number of aromatic nitrogens is 2. The van der Waals surface area contributed by atoms with Gasteiger partial charge in [-0.3, -0.25) is 4.57 Å². The SMILES string of the molecule is CC(C)OC[C@@]12COC([C@H](n3ccc(N)nc3=O)O1)[C@H]2OC(C)C. The summed E-state index contributed by atoms with van der Waals surface area (Å²) in [6.45, 7) is 8.55. The van der Waals surface area contributed by atoms with E-state index in [4.69, 9.17) is 24.7 Å². The van der Waals surface area contributed by atoms with Gasteiger partial charge in [0.1, 0.15) is 23.6 Å². The highest BCUT2D eigenvalue weighted by Crippen LogP contribution is 2.46. The first-order valence-corrected chi connectivity index (χ1v) is 8.23. The van der Waals surface area contributed by atoms with Gasteiger partial charge in [-0.25, -0.2) is 4.79 Å². The van der Waals surface area contributed by atoms with Crippen molar-refractivity contribution in [3.63, 3.8) is 0 Å². The molecule has 0 spiro atoms. The standard InChI is InChI=1S/C16H25N3O5/c1-9(2)21-7-16-8-22-12(13(16)23-10(3)4)14(24-16)19-6-5-11(17)18-15(19)20/h5-6,9-10,12-14H,7-8H2,1-4H3,(H2,17,18,20)/t12?,13-,14-,16+/m1/s1. The fourth-order valence-corrected chi connectivity index (χ4v) is 3.14. The first-order valence-electron chi connectivity index (χ1n) is 8.23. The highest BCUT2D eigenvalue weighted by Gasteiger charge is 2.63. The second-order valence-corrected chi connectivity index (χ2v) is 6.86. The summed E-state index contributed by atoms with van der Waals surface area (Å²) < 4.78 is 25.4. The van der Waals surface area contributed by atoms with Crippen LogP contribution in [0.2, 0.25) is 0 Å². The van der Waals surface area contributed by atoms with E-state index in [0.29, 0.717) is 13.2 Å². The maximum atomic E-state index is 12.2. The highest BCUT2D eigenvalue weighted by atomic mass is 16.7. The van der Waals surface area contributed by atoms with Crippen molar-refractivity contribution >= 4 is 5.82 Å². The van der Waals surface area contributed by atoms with Gasteiger partial charge >= 0.3 is 5.69 Å². The topological polar surface area (TPSA) is 97.8 Å². The maximum absolute atomic E-state index is 12.2. The molecule has 0 aliphatic carbocycles. The molecular formula is C16H25N3O5. The van der Waals surface area contributed by atoms with Crippen molar-refractivity contribution in [2.24, 2.45) is 0 Å². The largest absolute Gasteiger partial charge is 0.383 e. The Morgan fingerprint density at radius 2 is 2.17 bits per heavy atom. The van der Waals surface area contributed by atoms with Crippen molar-refractivity contribution in [1.29, 1.82) is 0 Å². The summed E-state index contributed by atoms with van der Waals surface area (Å²) in [4.78, 5) is 15.9. The first kappa shape index (κ1) is 17.3. The molecule has 8 heteroatoms. The van der Waals surface area contributed by atoms with Crippen LogP contribution in [-0.2, 0) is 18.9 Å². The van der Waals surface area contributed by atoms with Crippen LogP contribution >= 0.6 is 0 Å². The average Bonchev–Trinajstić information content (AvgIpc) is 2.97. The number of hydrogen-bond donors (Lipinski definition) is 1. The monoisotopic (exact) mass is 339 g/mol. The van der Waals surface area contributed by atoms with Crippen molar-refractivity contribution in [3.05, 3.63) is 22.7 Å². The molecule has 134 valence electrons. The molecule has 0 amide bonds. The van der Waals surface area contributed by atoms with Crippen LogP contribution in [0.3, 0.4) is 0 Å². The molecule has 0 aromatic carbocycles. The molecule has 3 rings (SSSR count). The van der Waals surface area contributed by atoms with Gasteiger partial charge in [0.15, 0.2) is 6.23 Å². The zero-order valence-corrected chi connectivity index (χ0v) is 14.5. The fourth-order valence-electron chi connectivity index (χ4n) is 3.14. The lowest BCUT2D eigenvalue weighted by atomic mass is 9.99. The molecular weight excluding hydrogens is 314 g/mol. The Labute approximate surface area is 140 Å². The number of nitrogens with two attached hydrogens (primary N) is 1. The Morgan fingerprint density at radius 1 is 1.42 bits per heavy atom. The van der Waals surface area contributed by atoms with Gasteiger partial charge in [-0.05, 0) is 33.8 Å². The lowest BCUT2D eigenvalue weighted by molar-refractivity contribution is -0.200. The van der Waals surface area contributed by atoms with Crippen LogP contribution < -0.4 is 11.4 Å². The van der Waals surface area contributed by atoms with E-state index in [2.05, 4.69) is 4.98 Å². The number of ether oxygens (including phenoxy) is 4. The Hall–Kier alpha value is -1.48. The van der Waals surface area contributed by atoms with Crippen LogP contribution in [0.1, 0.15) is 33.9 Å². The van der Waals surface area contributed by atoms with Crippen molar-refractivity contribution in [2.45, 2.75) is 63.9 Å². The van der Waals surface area contributed by atoms with E-state index in [0.717, 1.165) is 0 Å². The molecule has 8 nitrogen and oxygen atoms in total. The van der Waals surface area contributed by atoms with Crippen molar-refractivity contribution in [3.8, 4) is 0 Å². The van der Waals surface area contributed by atoms with Crippen molar-refractivity contribution in [1.82, 2.24) is 9.55 Å². The molecule has 3 heterocycles. The fraction of sp³-hybridized carbons (Fsp3) is 0.750. The summed E-state index contributed by atoms with van der Waals surface area (Å²) in [5.74, 6) is 0.174. The molecule has 1 unspecified atom stereocenters. The summed E-state index contributed by atoms with van der Waals surface area (Å²) in [6, 6.07) is 1.56. The summed E-state index contributed by atoms with van der Waals surface area (Å²) in [5, 5.41) is 0. The van der Waals surface area contributed by atoms with E-state index >= 15 is 0 Å². The molecule has 2 saturated heterocycles. The smallest absolute Gasteiger partial charge is 0.351 e. The Bertz CT molecular complexity index is 647. The molecule has 2 aliphatic rings. The van der Waals surface area contributed by atoms with E-state index in [9.17, 15) is 4.79 Å². The van der Waals surface area contributed by atoms with Crippen molar-refractivity contribution in [2.75, 3.05) is 18.9 Å². The Balaban J connectivity index is 1.90. The average molecular weight is 339 g/mol. The third-order valence-electron chi connectivity index (χ3n) is 4.18. The molecule has 2 bridgehead atoms. The second-order valence-electron chi connectivity index (χ2n) is 6.86. The minimum absolute atomic E-state index is 0.00115. The molecule has 2 N–H and O–H groups in total. The zero-order chi connectivity index (χ0) is 17.5. The van der Waals surface area contributed by atoms with Gasteiger partial charge < -0.3 is 24.7 Å². The summed E-state index contributed by atoms with van der Waals surface area (Å²) in [7, 11) is 0. The van der Waals surface area contributed by atoms with E-state index in [1.54, 1.807) is 12.3 Å². The third kappa shape index (κ3) is 3.06. The van der Waals surface area contributed by atoms with Gasteiger partial charge in [-0.1, -0.05) is 0 Å². The van der Waals surface area contributed by atoms with E-state index in [1.807, 2.05) is 27.7 Å². The molecule has 1 aromatic rings. The molecule has 4 atom stereocenters. The van der Waals surface area contributed by atoms with Crippen LogP contribution in [0.25, 0.3) is 0 Å². The minimum Gasteiger partial charge on any atom is -0.383 e. The number of anilines is 1. The predicted molar refractivity (Wildman–Crippen MR) is 86.6 cm³/mol. The van der Waals surface area contributed by atoms with E-state index < -0.39 is 23.6 Å². The minimum atomic E-state index is -0.731. The number of nitrogens with zero attached hydrogens (tertiary/aromatic N) is 2. The molecule has 0 saturated carbocycles. The van der Waals surface area contributed by atoms with Crippen molar-refractivity contribution < 1.29 is 18.9 Å². The highest BCUT2D eigenvalue weighted by molar-refractivity contribution is 5.24. The summed E-state index contributed by atoms with van der Waals surface area (Å²) in [5.41, 5.74) is 4.36. The van der Waals surface area contributed by atoms with Crippen LogP contribution in [0, 0.1) is 0 Å². The van der Waals surface area contributed by atoms with Gasteiger partial charge in [0, 0.05) is 6.20 Å². The van der Waals surface area contributed by atoms with Crippen LogP contribution in [0.5, 0.6) is 0 Å². The summed E-state index contributed by atoms with van der Waals surface area (Å²) in [6.07, 6.45) is 0.307. The first-order chi connectivity index (χ1) is 11.3. The van der Waals surface area contributed by atoms with Gasteiger partial charge in [0.2, 0.25) is 0 Å². The van der Waals surface area contributed by atoms with Gasteiger partial charge in [0.05, 0.1) is 25.4 Å². The second kappa shape index (κ2) is 6.44. The zero-order valence-electron chi connectivity index (χ0n) is 14.5. The van der Waals surface area contributed by atoms with Crippen LogP contribution in [-0.4, -0.2) is 52.8 Å². The summed E-state index contributed by atoms with van der Waals surface area (Å²) >= 11 is 0. The Morgan fingerprint density at radius 3 is 2.79 bits per heavy atom. The molecule has 0 radical (unpaired) electrons. The quantitative estimate of drug-likeness (QED) is 0.815. The van der Waals surface area contributed by atoms with Gasteiger partial charge in [0.25, 0.3) is 0 Å². The van der Waals surface area contributed by atoms with E-state index in [1.165, 1.54) is 4.57 Å². The van der Waals surface area contributed by atoms with E-state index in [-0.39, 0.29) is 24.1 Å². The van der Waals surface area contributed by atoms with Crippen LogP contribution in [0.15, 0.2) is 17.1 Å². The lowest BCUT2D eigenvalue weighted by Gasteiger charge is -2.32. The predicted octanol–water partition coefficient (Wildman–Crippen LogP) is 0.711. The molecule has 2 aliphatic heterocycles. The van der Waals surface area contributed by atoms with Gasteiger partial charge in [-0.15, -0.1) is 0 Å². The molecule has 2 fully saturated rings. The van der Waals surface area contributed by atoms with Crippen LogP contribution in [0.4, 0.5) is 5.82 Å². The third-order valence-corrected chi connectivity index (χ3v) is 4.18. The number of nitrogen functional groups attached to an aromatic ring is 1. The number of hydrogen-bond acceptors (Lipinski definition) is 7. The number of rotatable bonds is 6. The normalized spacial score (nSPS) is 32.2.